The van der Waals surface area contributed by atoms with Crippen LogP contribution < -0.4 is 5.32 Å². The molecule has 42 valence electrons. The molecule has 2 nitrogen and oxygen atoms in total. The Morgan fingerprint density at radius 2 is 2.50 bits per heavy atom. The standard InChI is InChI=1S/C6H7NO/c8-6-4-2-1-3-5-7-6/h1,3,5H2,(H,7,8). The molecule has 0 radical (unpaired) electrons. The van der Waals surface area contributed by atoms with Crippen LogP contribution in [0.2, 0.25) is 0 Å². The highest BCUT2D eigenvalue weighted by molar-refractivity contribution is 5.93. The first-order valence-electron chi connectivity index (χ1n) is 2.66. The van der Waals surface area contributed by atoms with Gasteiger partial charge < -0.3 is 5.32 Å². The number of carbonyl (C=O) groups is 1. The van der Waals surface area contributed by atoms with Crippen molar-refractivity contribution in [2.45, 2.75) is 12.8 Å². The molecule has 0 fully saturated rings. The minimum absolute atomic E-state index is 0.137. The van der Waals surface area contributed by atoms with Crippen molar-refractivity contribution in [3.63, 3.8) is 0 Å². The van der Waals surface area contributed by atoms with Gasteiger partial charge in [0.1, 0.15) is 0 Å². The van der Waals surface area contributed by atoms with E-state index in [0.717, 1.165) is 19.4 Å². The highest BCUT2D eigenvalue weighted by Crippen LogP contribution is 1.86. The molecule has 0 aromatic carbocycles. The fraction of sp³-hybridized carbons (Fsp3) is 0.500. The second kappa shape index (κ2) is 2.37. The van der Waals surface area contributed by atoms with E-state index in [-0.39, 0.29) is 5.91 Å². The predicted octanol–water partition coefficient (Wildman–Crippen LogP) is -0.100. The lowest BCUT2D eigenvalue weighted by Gasteiger charge is -1.91. The number of carbonyl (C=O) groups excluding carboxylic acids is 1. The van der Waals surface area contributed by atoms with Crippen molar-refractivity contribution in [1.82, 2.24) is 5.32 Å². The summed E-state index contributed by atoms with van der Waals surface area (Å²) in [7, 11) is 0. The second-order valence-electron chi connectivity index (χ2n) is 1.66. The zero-order valence-corrected chi connectivity index (χ0v) is 4.53. The first-order valence-corrected chi connectivity index (χ1v) is 2.66. The van der Waals surface area contributed by atoms with Crippen molar-refractivity contribution in [2.24, 2.45) is 0 Å². The van der Waals surface area contributed by atoms with E-state index in [1.807, 2.05) is 0 Å². The molecule has 0 unspecified atom stereocenters. The van der Waals surface area contributed by atoms with Gasteiger partial charge in [0.05, 0.1) is 0 Å². The number of rotatable bonds is 0. The van der Waals surface area contributed by atoms with Crippen LogP contribution in [0.3, 0.4) is 0 Å². The van der Waals surface area contributed by atoms with Gasteiger partial charge in [-0.05, 0) is 12.3 Å². The quantitative estimate of drug-likeness (QED) is 0.432. The van der Waals surface area contributed by atoms with Crippen molar-refractivity contribution in [3.05, 3.63) is 0 Å². The molecule has 0 spiro atoms. The summed E-state index contributed by atoms with van der Waals surface area (Å²) < 4.78 is 0. The Bertz CT molecular complexity index is 152. The van der Waals surface area contributed by atoms with Gasteiger partial charge in [0.25, 0.3) is 5.91 Å². The Hall–Kier alpha value is -0.970. The first kappa shape index (κ1) is 5.17. The molecule has 1 rings (SSSR count). The van der Waals surface area contributed by atoms with E-state index in [9.17, 15) is 4.79 Å². The molecule has 1 aliphatic heterocycles. The summed E-state index contributed by atoms with van der Waals surface area (Å²) in [6.45, 7) is 0.763. The number of hydrogen-bond donors (Lipinski definition) is 1. The van der Waals surface area contributed by atoms with Crippen molar-refractivity contribution in [3.8, 4) is 11.8 Å². The van der Waals surface area contributed by atoms with Crippen LogP contribution in [0.1, 0.15) is 12.8 Å². The van der Waals surface area contributed by atoms with Crippen LogP contribution in [-0.2, 0) is 4.79 Å². The van der Waals surface area contributed by atoms with Gasteiger partial charge in [-0.3, -0.25) is 4.79 Å². The van der Waals surface area contributed by atoms with Crippen LogP contribution in [0.5, 0.6) is 0 Å². The Labute approximate surface area is 48.3 Å². The van der Waals surface area contributed by atoms with E-state index >= 15 is 0 Å². The summed E-state index contributed by atoms with van der Waals surface area (Å²) in [6, 6.07) is 0. The van der Waals surface area contributed by atoms with E-state index in [2.05, 4.69) is 17.2 Å². The van der Waals surface area contributed by atoms with Crippen molar-refractivity contribution in [1.29, 1.82) is 0 Å². The van der Waals surface area contributed by atoms with Gasteiger partial charge in [0, 0.05) is 13.0 Å². The topological polar surface area (TPSA) is 29.1 Å². The Balaban J connectivity index is 2.51. The van der Waals surface area contributed by atoms with Crippen molar-refractivity contribution in [2.75, 3.05) is 6.54 Å². The molecule has 0 aromatic heterocycles. The van der Waals surface area contributed by atoms with Gasteiger partial charge in [-0.25, -0.2) is 0 Å². The van der Waals surface area contributed by atoms with Gasteiger partial charge >= 0.3 is 0 Å². The summed E-state index contributed by atoms with van der Waals surface area (Å²) in [5, 5.41) is 2.63. The van der Waals surface area contributed by atoms with Crippen LogP contribution in [0.4, 0.5) is 0 Å². The Kier molecular flexibility index (Phi) is 1.53. The molecule has 0 aliphatic carbocycles. The third-order valence-electron chi connectivity index (χ3n) is 0.966. The third kappa shape index (κ3) is 1.27. The third-order valence-corrected chi connectivity index (χ3v) is 0.966. The summed E-state index contributed by atoms with van der Waals surface area (Å²) in [4.78, 5) is 10.4. The molecular weight excluding hydrogens is 102 g/mol. The van der Waals surface area contributed by atoms with Gasteiger partial charge in [0.2, 0.25) is 0 Å². The van der Waals surface area contributed by atoms with Crippen LogP contribution in [-0.4, -0.2) is 12.5 Å². The fourth-order valence-corrected chi connectivity index (χ4v) is 0.566. The lowest BCUT2D eigenvalue weighted by molar-refractivity contribution is -0.115. The Morgan fingerprint density at radius 3 is 3.38 bits per heavy atom. The van der Waals surface area contributed by atoms with E-state index in [4.69, 9.17) is 0 Å². The minimum atomic E-state index is -0.137. The molecule has 0 aromatic rings. The lowest BCUT2D eigenvalue weighted by Crippen LogP contribution is -2.20. The molecule has 8 heavy (non-hydrogen) atoms. The van der Waals surface area contributed by atoms with Gasteiger partial charge in [-0.2, -0.15) is 0 Å². The van der Waals surface area contributed by atoms with E-state index in [1.165, 1.54) is 0 Å². The monoisotopic (exact) mass is 109 g/mol. The largest absolute Gasteiger partial charge is 0.345 e. The van der Waals surface area contributed by atoms with Crippen LogP contribution in [0.15, 0.2) is 0 Å². The minimum Gasteiger partial charge on any atom is -0.345 e. The molecule has 0 bridgehead atoms. The van der Waals surface area contributed by atoms with E-state index in [1.54, 1.807) is 0 Å². The number of nitrogens with one attached hydrogen (secondary N) is 1. The van der Waals surface area contributed by atoms with Gasteiger partial charge in [-0.1, -0.05) is 5.92 Å². The average molecular weight is 109 g/mol. The number of amides is 1. The summed E-state index contributed by atoms with van der Waals surface area (Å²) in [5.41, 5.74) is 0. The molecule has 2 heteroatoms. The highest BCUT2D eigenvalue weighted by atomic mass is 16.1. The first-order chi connectivity index (χ1) is 3.89. The van der Waals surface area contributed by atoms with E-state index < -0.39 is 0 Å². The van der Waals surface area contributed by atoms with Crippen LogP contribution in [0.25, 0.3) is 0 Å². The Morgan fingerprint density at radius 1 is 1.62 bits per heavy atom. The molecule has 1 amide bonds. The maximum Gasteiger partial charge on any atom is 0.295 e. The molecule has 1 aliphatic rings. The molecule has 1 N–H and O–H groups in total. The molecule has 0 saturated carbocycles. The zero-order valence-electron chi connectivity index (χ0n) is 4.53. The maximum absolute atomic E-state index is 10.4. The lowest BCUT2D eigenvalue weighted by atomic mass is 10.3. The van der Waals surface area contributed by atoms with Crippen molar-refractivity contribution < 1.29 is 4.79 Å². The van der Waals surface area contributed by atoms with Crippen LogP contribution in [0, 0.1) is 11.8 Å². The predicted molar refractivity (Wildman–Crippen MR) is 30.0 cm³/mol. The summed E-state index contributed by atoms with van der Waals surface area (Å²) in [6.07, 6.45) is 1.83. The smallest absolute Gasteiger partial charge is 0.295 e. The van der Waals surface area contributed by atoms with Crippen molar-refractivity contribution >= 4 is 5.91 Å². The summed E-state index contributed by atoms with van der Waals surface area (Å²) in [5.74, 6) is 5.04. The van der Waals surface area contributed by atoms with E-state index in [0.29, 0.717) is 0 Å². The highest BCUT2D eigenvalue weighted by Gasteiger charge is 1.95. The van der Waals surface area contributed by atoms with Gasteiger partial charge in [-0.15, -0.1) is 0 Å². The normalized spacial score (nSPS) is 17.8. The fourth-order valence-electron chi connectivity index (χ4n) is 0.566. The van der Waals surface area contributed by atoms with Gasteiger partial charge in [0.15, 0.2) is 0 Å². The van der Waals surface area contributed by atoms with Crippen LogP contribution >= 0.6 is 0 Å². The molecule has 0 atom stereocenters. The SMILES string of the molecule is O=C1C#CCCCN1. The molecular formula is C6H7NO. The summed E-state index contributed by atoms with van der Waals surface area (Å²) >= 11 is 0. The number of hydrogen-bond acceptors (Lipinski definition) is 1. The molecule has 0 saturated heterocycles. The second-order valence-corrected chi connectivity index (χ2v) is 1.66. The zero-order chi connectivity index (χ0) is 5.82. The molecule has 1 heterocycles. The maximum atomic E-state index is 10.4. The average Bonchev–Trinajstić information content (AvgIpc) is 1.94.